The lowest BCUT2D eigenvalue weighted by molar-refractivity contribution is -0.127. The highest BCUT2D eigenvalue weighted by atomic mass is 127. The molecule has 0 aromatic carbocycles. The highest BCUT2D eigenvalue weighted by molar-refractivity contribution is 14.0. The van der Waals surface area contributed by atoms with E-state index < -0.39 is 0 Å². The quantitative estimate of drug-likeness (QED) is 0.183. The van der Waals surface area contributed by atoms with Gasteiger partial charge in [-0.2, -0.15) is 0 Å². The normalized spacial score (nSPS) is 11.8. The van der Waals surface area contributed by atoms with E-state index in [9.17, 15) is 9.59 Å². The van der Waals surface area contributed by atoms with Gasteiger partial charge in [-0.05, 0) is 20.8 Å². The zero-order chi connectivity index (χ0) is 19.7. The molecule has 0 spiro atoms. The van der Waals surface area contributed by atoms with Crippen LogP contribution in [0.15, 0.2) is 17.6 Å². The molecule has 1 heterocycles. The average molecular weight is 509 g/mol. The zero-order valence-corrected chi connectivity index (χ0v) is 19.5. The molecule has 0 aliphatic rings. The number of likely N-dealkylation sites (N-methyl/N-ethyl adjacent to an activating group) is 1. The van der Waals surface area contributed by atoms with E-state index in [2.05, 4.69) is 27.2 Å². The molecule has 1 unspecified atom stereocenters. The fourth-order valence-corrected chi connectivity index (χ4v) is 2.83. The van der Waals surface area contributed by atoms with E-state index in [1.54, 1.807) is 34.0 Å². The molecule has 10 heteroatoms. The summed E-state index contributed by atoms with van der Waals surface area (Å²) in [6, 6.07) is -0.201. The number of guanidine groups is 1. The molecule has 8 nitrogen and oxygen atoms in total. The van der Waals surface area contributed by atoms with Crippen LogP contribution in [0.5, 0.6) is 0 Å². The van der Waals surface area contributed by atoms with Crippen LogP contribution in [-0.2, 0) is 9.53 Å². The van der Waals surface area contributed by atoms with Gasteiger partial charge in [0, 0.05) is 20.6 Å². The number of esters is 1. The molecule has 0 fully saturated rings. The number of aliphatic imine (C=N–C) groups is 1. The van der Waals surface area contributed by atoms with E-state index in [0.717, 1.165) is 5.01 Å². The Morgan fingerprint density at radius 1 is 1.44 bits per heavy atom. The summed E-state index contributed by atoms with van der Waals surface area (Å²) in [5, 5.41) is 6.99. The molecule has 2 N–H and O–H groups in total. The number of aromatic nitrogens is 1. The predicted molar refractivity (Wildman–Crippen MR) is 119 cm³/mol. The first-order chi connectivity index (χ1) is 12.3. The second kappa shape index (κ2) is 12.7. The van der Waals surface area contributed by atoms with Gasteiger partial charge in [0.15, 0.2) is 5.96 Å². The van der Waals surface area contributed by atoms with Crippen LogP contribution in [-0.4, -0.2) is 61.5 Å². The van der Waals surface area contributed by atoms with Crippen LogP contribution in [0, 0.1) is 6.92 Å². The molecule has 0 aliphatic carbocycles. The number of rotatable bonds is 8. The molecular weight excluding hydrogens is 481 g/mol. The van der Waals surface area contributed by atoms with Crippen molar-refractivity contribution in [3.63, 3.8) is 0 Å². The lowest BCUT2D eigenvalue weighted by Crippen LogP contribution is -2.39. The molecule has 152 valence electrons. The van der Waals surface area contributed by atoms with Crippen molar-refractivity contribution < 1.29 is 14.3 Å². The van der Waals surface area contributed by atoms with Crippen LogP contribution in [0.1, 0.15) is 40.3 Å². The minimum Gasteiger partial charge on any atom is -0.462 e. The van der Waals surface area contributed by atoms with Crippen molar-refractivity contribution in [1.82, 2.24) is 20.5 Å². The van der Waals surface area contributed by atoms with Crippen LogP contribution >= 0.6 is 35.3 Å². The van der Waals surface area contributed by atoms with Gasteiger partial charge in [-0.15, -0.1) is 41.9 Å². The van der Waals surface area contributed by atoms with Gasteiger partial charge in [0.2, 0.25) is 5.91 Å². The van der Waals surface area contributed by atoms with E-state index >= 15 is 0 Å². The van der Waals surface area contributed by atoms with Gasteiger partial charge < -0.3 is 20.3 Å². The molecule has 1 aromatic rings. The topological polar surface area (TPSA) is 95.9 Å². The molecule has 0 bridgehead atoms. The third kappa shape index (κ3) is 8.24. The number of hydrogen-bond acceptors (Lipinski definition) is 6. The van der Waals surface area contributed by atoms with Crippen LogP contribution < -0.4 is 10.6 Å². The second-order valence-electron chi connectivity index (χ2n) is 5.68. The Labute approximate surface area is 181 Å². The lowest BCUT2D eigenvalue weighted by atomic mass is 10.3. The summed E-state index contributed by atoms with van der Waals surface area (Å²) in [4.78, 5) is 34.4. The molecule has 1 rings (SSSR count). The molecule has 0 radical (unpaired) electrons. The highest BCUT2D eigenvalue weighted by Crippen LogP contribution is 2.24. The summed E-state index contributed by atoms with van der Waals surface area (Å²) in [6.07, 6.45) is 1.70. The van der Waals surface area contributed by atoms with E-state index in [0.29, 0.717) is 29.7 Å². The third-order valence-electron chi connectivity index (χ3n) is 3.28. The number of amides is 1. The fourth-order valence-electron chi connectivity index (χ4n) is 1.86. The van der Waals surface area contributed by atoms with E-state index in [1.165, 1.54) is 16.2 Å². The number of thiazole rings is 1. The number of hydrogen-bond donors (Lipinski definition) is 2. The van der Waals surface area contributed by atoms with Gasteiger partial charge in [0.25, 0.3) is 0 Å². The van der Waals surface area contributed by atoms with Crippen LogP contribution in [0.2, 0.25) is 0 Å². The van der Waals surface area contributed by atoms with Crippen molar-refractivity contribution in [2.24, 2.45) is 4.99 Å². The van der Waals surface area contributed by atoms with Crippen LogP contribution in [0.4, 0.5) is 0 Å². The van der Waals surface area contributed by atoms with Gasteiger partial charge in [0.05, 0.1) is 18.3 Å². The highest BCUT2D eigenvalue weighted by Gasteiger charge is 2.20. The maximum atomic E-state index is 11.9. The molecular formula is C17H28IN5O3S. The summed E-state index contributed by atoms with van der Waals surface area (Å²) < 4.78 is 5.05. The molecule has 1 aromatic heterocycles. The first kappa shape index (κ1) is 25.3. The largest absolute Gasteiger partial charge is 0.462 e. The zero-order valence-electron chi connectivity index (χ0n) is 16.4. The molecule has 0 saturated heterocycles. The van der Waals surface area contributed by atoms with E-state index in [-0.39, 0.29) is 48.4 Å². The Morgan fingerprint density at radius 2 is 2.11 bits per heavy atom. The Balaban J connectivity index is 0.00000676. The molecule has 0 aliphatic heterocycles. The van der Waals surface area contributed by atoms with Crippen molar-refractivity contribution in [2.75, 3.05) is 33.8 Å². The van der Waals surface area contributed by atoms with E-state index in [1.807, 2.05) is 6.92 Å². The number of carbonyl (C=O) groups is 2. The van der Waals surface area contributed by atoms with Crippen molar-refractivity contribution in [3.8, 4) is 0 Å². The minimum atomic E-state index is -0.365. The van der Waals surface area contributed by atoms with Gasteiger partial charge >= 0.3 is 5.97 Å². The first-order valence-electron chi connectivity index (χ1n) is 8.30. The van der Waals surface area contributed by atoms with Crippen molar-refractivity contribution in [3.05, 3.63) is 28.2 Å². The second-order valence-corrected chi connectivity index (χ2v) is 6.71. The van der Waals surface area contributed by atoms with Crippen molar-refractivity contribution in [2.45, 2.75) is 26.8 Å². The number of nitrogens with zero attached hydrogens (tertiary/aromatic N) is 3. The van der Waals surface area contributed by atoms with Gasteiger partial charge in [-0.3, -0.25) is 4.79 Å². The first-order valence-corrected chi connectivity index (χ1v) is 9.12. The maximum absolute atomic E-state index is 11.9. The maximum Gasteiger partial charge on any atom is 0.350 e. The van der Waals surface area contributed by atoms with Gasteiger partial charge in [-0.1, -0.05) is 6.08 Å². The number of ether oxygens (including phenoxy) is 1. The third-order valence-corrected chi connectivity index (χ3v) is 4.60. The Kier molecular flexibility index (Phi) is 11.9. The Morgan fingerprint density at radius 3 is 2.67 bits per heavy atom. The fraction of sp³-hybridized carbons (Fsp3) is 0.529. The Hall–Kier alpha value is -1.69. The molecule has 1 atom stereocenters. The SMILES string of the molecule is C=CCNC(=NCC(=O)N(C)C)NC(C)c1nc(C)c(C(=O)OCC)s1.I. The summed E-state index contributed by atoms with van der Waals surface area (Å²) in [5.41, 5.74) is 0.637. The average Bonchev–Trinajstić information content (AvgIpc) is 2.99. The standard InChI is InChI=1S/C17H27N5O3S.HI/c1-7-9-18-17(19-10-13(23)22(5)6)21-12(4)15-20-11(3)14(26-15)16(24)25-8-2;/h7,12H,1,8-10H2,2-6H3,(H2,18,19,21);1H. The van der Waals surface area contributed by atoms with E-state index in [4.69, 9.17) is 4.74 Å². The summed E-state index contributed by atoms with van der Waals surface area (Å²) in [5.74, 6) is 0.00128. The number of aryl methyl sites for hydroxylation is 1. The summed E-state index contributed by atoms with van der Waals surface area (Å²) in [6.45, 7) is 9.96. The van der Waals surface area contributed by atoms with Gasteiger partial charge in [-0.25, -0.2) is 14.8 Å². The number of halogens is 1. The summed E-state index contributed by atoms with van der Waals surface area (Å²) in [7, 11) is 3.36. The molecule has 27 heavy (non-hydrogen) atoms. The van der Waals surface area contributed by atoms with Crippen molar-refractivity contribution >= 4 is 53.1 Å². The monoisotopic (exact) mass is 509 g/mol. The van der Waals surface area contributed by atoms with Gasteiger partial charge in [0.1, 0.15) is 16.4 Å². The smallest absolute Gasteiger partial charge is 0.350 e. The van der Waals surface area contributed by atoms with Crippen LogP contribution in [0.3, 0.4) is 0 Å². The Bertz CT molecular complexity index is 676. The van der Waals surface area contributed by atoms with Crippen LogP contribution in [0.25, 0.3) is 0 Å². The minimum absolute atomic E-state index is 0. The predicted octanol–water partition coefficient (Wildman–Crippen LogP) is 2.12. The number of nitrogens with one attached hydrogen (secondary N) is 2. The summed E-state index contributed by atoms with van der Waals surface area (Å²) >= 11 is 1.28. The van der Waals surface area contributed by atoms with Crippen molar-refractivity contribution in [1.29, 1.82) is 0 Å². The lowest BCUT2D eigenvalue weighted by Gasteiger charge is -2.16. The number of carbonyl (C=O) groups excluding carboxylic acids is 2. The molecule has 0 saturated carbocycles. The molecule has 1 amide bonds.